The lowest BCUT2D eigenvalue weighted by Gasteiger charge is -2.23. The topological polar surface area (TPSA) is 66.5 Å². The molecular weight excluding hydrogens is 512 g/mol. The van der Waals surface area contributed by atoms with Crippen LogP contribution in [0, 0.1) is 0 Å². The van der Waals surface area contributed by atoms with Crippen LogP contribution in [0.5, 0.6) is 0 Å². The number of benzene rings is 4. The maximum absolute atomic E-state index is 13.0. The molecule has 0 aromatic heterocycles. The SMILES string of the molecule is CS(=O)(=O)N(Cc1ccc(C(=O)Nc2ccc3c4c(cccc24)CC3)cc1)c1cccc(Br)c1. The third kappa shape index (κ3) is 4.45. The Bertz CT molecular complexity index is 1500. The summed E-state index contributed by atoms with van der Waals surface area (Å²) in [5.74, 6) is -0.197. The van der Waals surface area contributed by atoms with Crippen molar-refractivity contribution in [3.63, 3.8) is 0 Å². The van der Waals surface area contributed by atoms with Crippen molar-refractivity contribution in [1.29, 1.82) is 0 Å². The predicted octanol–water partition coefficient (Wildman–Crippen LogP) is 5.92. The van der Waals surface area contributed by atoms with E-state index in [1.807, 2.05) is 24.3 Å². The Morgan fingerprint density at radius 3 is 2.35 bits per heavy atom. The van der Waals surface area contributed by atoms with E-state index >= 15 is 0 Å². The van der Waals surface area contributed by atoms with Crippen molar-refractivity contribution in [2.24, 2.45) is 0 Å². The van der Waals surface area contributed by atoms with E-state index in [0.29, 0.717) is 11.3 Å². The highest BCUT2D eigenvalue weighted by Gasteiger charge is 2.19. The number of hydrogen-bond acceptors (Lipinski definition) is 3. The fraction of sp³-hybridized carbons (Fsp3) is 0.148. The Morgan fingerprint density at radius 1 is 0.941 bits per heavy atom. The zero-order valence-corrected chi connectivity index (χ0v) is 21.0. The largest absolute Gasteiger partial charge is 0.321 e. The minimum absolute atomic E-state index is 0.173. The van der Waals surface area contributed by atoms with Gasteiger partial charge in [-0.25, -0.2) is 8.42 Å². The van der Waals surface area contributed by atoms with Crippen LogP contribution in [0.1, 0.15) is 27.0 Å². The molecule has 0 spiro atoms. The zero-order valence-electron chi connectivity index (χ0n) is 18.6. The first kappa shape index (κ1) is 22.6. The molecule has 1 aliphatic rings. The van der Waals surface area contributed by atoms with E-state index in [1.165, 1.54) is 27.1 Å². The molecule has 0 fully saturated rings. The predicted molar refractivity (Wildman–Crippen MR) is 141 cm³/mol. The molecule has 34 heavy (non-hydrogen) atoms. The number of carbonyl (C=O) groups excluding carboxylic acids is 1. The van der Waals surface area contributed by atoms with Crippen LogP contribution in [0.4, 0.5) is 11.4 Å². The van der Waals surface area contributed by atoms with Crippen LogP contribution in [-0.2, 0) is 29.4 Å². The molecule has 172 valence electrons. The first-order valence-corrected chi connectivity index (χ1v) is 13.6. The number of sulfonamides is 1. The second-order valence-electron chi connectivity index (χ2n) is 8.51. The van der Waals surface area contributed by atoms with Crippen molar-refractivity contribution >= 4 is 54.0 Å². The molecule has 4 aromatic rings. The lowest BCUT2D eigenvalue weighted by molar-refractivity contribution is 0.102. The first-order valence-electron chi connectivity index (χ1n) is 11.0. The summed E-state index contributed by atoms with van der Waals surface area (Å²) in [5.41, 5.74) is 5.33. The van der Waals surface area contributed by atoms with Crippen LogP contribution < -0.4 is 9.62 Å². The normalized spacial score (nSPS) is 12.6. The highest BCUT2D eigenvalue weighted by atomic mass is 79.9. The molecule has 0 heterocycles. The average Bonchev–Trinajstić information content (AvgIpc) is 3.23. The number of aryl methyl sites for hydroxylation is 2. The van der Waals surface area contributed by atoms with Crippen molar-refractivity contribution in [2.75, 3.05) is 15.9 Å². The fourth-order valence-electron chi connectivity index (χ4n) is 4.51. The summed E-state index contributed by atoms with van der Waals surface area (Å²) < 4.78 is 27.0. The molecule has 0 radical (unpaired) electrons. The molecule has 1 aliphatic carbocycles. The minimum atomic E-state index is -3.49. The molecule has 0 saturated carbocycles. The van der Waals surface area contributed by atoms with Crippen LogP contribution in [0.2, 0.25) is 0 Å². The van der Waals surface area contributed by atoms with E-state index in [0.717, 1.165) is 34.0 Å². The molecule has 1 amide bonds. The third-order valence-electron chi connectivity index (χ3n) is 6.16. The summed E-state index contributed by atoms with van der Waals surface area (Å²) in [6.45, 7) is 0.173. The Hall–Kier alpha value is -3.16. The van der Waals surface area contributed by atoms with Gasteiger partial charge in [0.15, 0.2) is 0 Å². The second kappa shape index (κ2) is 8.89. The molecule has 0 atom stereocenters. The summed E-state index contributed by atoms with van der Waals surface area (Å²) in [7, 11) is -3.49. The number of amides is 1. The summed E-state index contributed by atoms with van der Waals surface area (Å²) >= 11 is 3.40. The average molecular weight is 535 g/mol. The van der Waals surface area contributed by atoms with Gasteiger partial charge in [-0.2, -0.15) is 0 Å². The van der Waals surface area contributed by atoms with Crippen molar-refractivity contribution in [2.45, 2.75) is 19.4 Å². The third-order valence-corrected chi connectivity index (χ3v) is 7.80. The molecule has 5 nitrogen and oxygen atoms in total. The minimum Gasteiger partial charge on any atom is -0.321 e. The quantitative estimate of drug-likeness (QED) is 0.334. The molecular formula is C27H23BrN2O3S. The molecule has 0 aliphatic heterocycles. The van der Waals surface area contributed by atoms with E-state index in [-0.39, 0.29) is 12.5 Å². The highest BCUT2D eigenvalue weighted by molar-refractivity contribution is 9.10. The number of rotatable bonds is 6. The molecule has 5 rings (SSSR count). The van der Waals surface area contributed by atoms with Crippen LogP contribution >= 0.6 is 15.9 Å². The van der Waals surface area contributed by atoms with Gasteiger partial charge in [0.2, 0.25) is 10.0 Å². The summed E-state index contributed by atoms with van der Waals surface area (Å²) in [4.78, 5) is 13.0. The number of nitrogens with zero attached hydrogens (tertiary/aromatic N) is 1. The van der Waals surface area contributed by atoms with Crippen molar-refractivity contribution < 1.29 is 13.2 Å². The number of nitrogens with one attached hydrogen (secondary N) is 1. The van der Waals surface area contributed by atoms with Crippen molar-refractivity contribution in [1.82, 2.24) is 0 Å². The zero-order chi connectivity index (χ0) is 23.9. The van der Waals surface area contributed by atoms with E-state index in [2.05, 4.69) is 33.4 Å². The van der Waals surface area contributed by atoms with Gasteiger partial charge in [0, 0.05) is 21.1 Å². The van der Waals surface area contributed by atoms with Gasteiger partial charge in [-0.05, 0) is 71.3 Å². The maximum atomic E-state index is 13.0. The van der Waals surface area contributed by atoms with Gasteiger partial charge < -0.3 is 5.32 Å². The smallest absolute Gasteiger partial charge is 0.255 e. The summed E-state index contributed by atoms with van der Waals surface area (Å²) in [6.07, 6.45) is 3.26. The first-order chi connectivity index (χ1) is 16.3. The van der Waals surface area contributed by atoms with E-state index in [9.17, 15) is 13.2 Å². The van der Waals surface area contributed by atoms with Gasteiger partial charge in [-0.15, -0.1) is 0 Å². The van der Waals surface area contributed by atoms with Crippen molar-refractivity contribution in [3.8, 4) is 0 Å². The van der Waals surface area contributed by atoms with Gasteiger partial charge >= 0.3 is 0 Å². The van der Waals surface area contributed by atoms with Crippen LogP contribution in [0.3, 0.4) is 0 Å². The molecule has 7 heteroatoms. The Balaban J connectivity index is 1.36. The van der Waals surface area contributed by atoms with E-state index < -0.39 is 10.0 Å². The fourth-order valence-corrected chi connectivity index (χ4v) is 5.78. The molecule has 1 N–H and O–H groups in total. The monoisotopic (exact) mass is 534 g/mol. The van der Waals surface area contributed by atoms with Gasteiger partial charge in [0.25, 0.3) is 5.91 Å². The standard InChI is InChI=1S/C27H23BrN2O3S/c1-34(32,33)30(23-6-3-5-22(28)16-23)17-18-8-10-21(11-9-18)27(31)29-25-15-14-20-13-12-19-4-2-7-24(25)26(19)20/h2-11,14-16H,12-13,17H2,1H3,(H,29,31). The molecule has 4 aromatic carbocycles. The van der Waals surface area contributed by atoms with Crippen LogP contribution in [0.15, 0.2) is 83.3 Å². The van der Waals surface area contributed by atoms with Crippen LogP contribution in [-0.4, -0.2) is 20.6 Å². The molecule has 0 unspecified atom stereocenters. The van der Waals surface area contributed by atoms with Gasteiger partial charge in [0.05, 0.1) is 18.5 Å². The van der Waals surface area contributed by atoms with Gasteiger partial charge in [-0.3, -0.25) is 9.10 Å². The highest BCUT2D eigenvalue weighted by Crippen LogP contribution is 2.35. The number of halogens is 1. The van der Waals surface area contributed by atoms with E-state index in [1.54, 1.807) is 42.5 Å². The lowest BCUT2D eigenvalue weighted by Crippen LogP contribution is -2.29. The van der Waals surface area contributed by atoms with Crippen LogP contribution in [0.25, 0.3) is 10.8 Å². The Kier molecular flexibility index (Phi) is 5.91. The molecule has 0 saturated heterocycles. The van der Waals surface area contributed by atoms with Gasteiger partial charge in [-0.1, -0.05) is 58.4 Å². The number of carbonyl (C=O) groups is 1. The van der Waals surface area contributed by atoms with Gasteiger partial charge in [0.1, 0.15) is 0 Å². The molecule has 0 bridgehead atoms. The number of hydrogen-bond donors (Lipinski definition) is 1. The lowest BCUT2D eigenvalue weighted by atomic mass is 10.0. The maximum Gasteiger partial charge on any atom is 0.255 e. The van der Waals surface area contributed by atoms with Crippen molar-refractivity contribution in [3.05, 3.63) is 106 Å². The second-order valence-corrected chi connectivity index (χ2v) is 11.3. The summed E-state index contributed by atoms with van der Waals surface area (Å²) in [6, 6.07) is 24.5. The number of anilines is 2. The van der Waals surface area contributed by atoms with E-state index in [4.69, 9.17) is 0 Å². The Labute approximate surface area is 207 Å². The Morgan fingerprint density at radius 2 is 1.65 bits per heavy atom. The summed E-state index contributed by atoms with van der Waals surface area (Å²) in [5, 5.41) is 5.37.